The van der Waals surface area contributed by atoms with Gasteiger partial charge >= 0.3 is 0 Å². The molecule has 3 aliphatic rings. The molecule has 2 aliphatic heterocycles. The predicted octanol–water partition coefficient (Wildman–Crippen LogP) is 5.64. The summed E-state index contributed by atoms with van der Waals surface area (Å²) in [4.78, 5) is 46.5. The van der Waals surface area contributed by atoms with Gasteiger partial charge in [0.2, 0.25) is 6.36 Å². The topological polar surface area (TPSA) is 113 Å². The quantitative estimate of drug-likeness (QED) is 0.249. The summed E-state index contributed by atoms with van der Waals surface area (Å²) in [5.74, 6) is -3.54. The van der Waals surface area contributed by atoms with Crippen LogP contribution in [-0.4, -0.2) is 73.9 Å². The molecule has 3 atom stereocenters. The Hall–Kier alpha value is -4.52. The smallest absolute Gasteiger partial charge is 0.251 e. The molecule has 1 saturated carbocycles. The van der Waals surface area contributed by atoms with Gasteiger partial charge in [-0.1, -0.05) is 5.18 Å². The minimum absolute atomic E-state index is 0.0199. The van der Waals surface area contributed by atoms with Crippen LogP contribution in [0.4, 0.5) is 19.0 Å². The van der Waals surface area contributed by atoms with Gasteiger partial charge in [-0.3, -0.25) is 14.5 Å². The molecule has 6 rings (SSSR count). The van der Waals surface area contributed by atoms with Crippen LogP contribution >= 0.6 is 0 Å². The maximum atomic E-state index is 15.5. The Bertz CT molecular complexity index is 1640. The van der Waals surface area contributed by atoms with Crippen LogP contribution < -0.4 is 19.7 Å². The number of carbonyl (C=O) groups excluding carboxylic acids is 2. The molecule has 48 heavy (non-hydrogen) atoms. The molecule has 1 aromatic heterocycles. The number of hydrogen-bond donors (Lipinski definition) is 1. The summed E-state index contributed by atoms with van der Waals surface area (Å²) in [7, 11) is 1.29. The number of alkyl halides is 1. The number of nitroso groups, excluding NO2 is 1. The van der Waals surface area contributed by atoms with E-state index in [1.807, 2.05) is 13.0 Å². The monoisotopic (exact) mass is 665 g/mol. The Morgan fingerprint density at radius 1 is 1.04 bits per heavy atom. The van der Waals surface area contributed by atoms with E-state index >= 15 is 8.78 Å². The SMILES string of the molecule is COc1cc(F)c([C@@H]2CN(c3cc(C)cc(C4CCN(CCN=O)CC4)n3)C(=O)[C@H]2NC(=O)c2ccc(OC(F)C3CC3)cc2)c(F)c1. The molecule has 3 heterocycles. The number of anilines is 1. The first-order valence-corrected chi connectivity index (χ1v) is 16.2. The third-order valence-corrected chi connectivity index (χ3v) is 9.38. The standard InChI is InChI=1S/C35H38F3N5O5/c1-20-15-29(21-9-12-42(13-10-21)14-11-39-46)40-30(16-20)43-19-26(31-27(36)17-25(47-2)18-28(31)37)32(35(43)45)41-34(44)23-5-7-24(8-6-23)48-33(38)22-3-4-22/h5-8,15-18,21-22,26,32-33H,3-4,9-14,19H2,1-2H3,(H,41,44)/t26-,32-,33?/m0/s1. The van der Waals surface area contributed by atoms with E-state index in [9.17, 15) is 18.9 Å². The van der Waals surface area contributed by atoms with Crippen molar-refractivity contribution in [3.63, 3.8) is 0 Å². The molecular weight excluding hydrogens is 627 g/mol. The molecule has 3 aromatic rings. The first kappa shape index (κ1) is 33.4. The minimum Gasteiger partial charge on any atom is -0.497 e. The summed E-state index contributed by atoms with van der Waals surface area (Å²) >= 11 is 0. The van der Waals surface area contributed by atoms with E-state index in [4.69, 9.17) is 14.5 Å². The number of ether oxygens (including phenoxy) is 2. The average Bonchev–Trinajstić information content (AvgIpc) is 3.89. The molecule has 1 N–H and O–H groups in total. The zero-order valence-electron chi connectivity index (χ0n) is 26.8. The van der Waals surface area contributed by atoms with Gasteiger partial charge in [-0.2, -0.15) is 4.91 Å². The summed E-state index contributed by atoms with van der Waals surface area (Å²) in [6, 6.07) is 10.3. The molecule has 0 bridgehead atoms. The molecule has 0 radical (unpaired) electrons. The molecule has 13 heteroatoms. The molecule has 1 aliphatic carbocycles. The van der Waals surface area contributed by atoms with Crippen LogP contribution in [0.2, 0.25) is 0 Å². The van der Waals surface area contributed by atoms with Crippen LogP contribution in [0.25, 0.3) is 0 Å². The lowest BCUT2D eigenvalue weighted by atomic mass is 9.92. The van der Waals surface area contributed by atoms with Crippen molar-refractivity contribution in [1.82, 2.24) is 15.2 Å². The Morgan fingerprint density at radius 2 is 1.73 bits per heavy atom. The van der Waals surface area contributed by atoms with Crippen molar-refractivity contribution in [3.8, 4) is 11.5 Å². The van der Waals surface area contributed by atoms with Gasteiger partial charge < -0.3 is 19.7 Å². The number of pyridine rings is 1. The number of methoxy groups -OCH3 is 1. The van der Waals surface area contributed by atoms with Crippen molar-refractivity contribution in [1.29, 1.82) is 0 Å². The average molecular weight is 666 g/mol. The Balaban J connectivity index is 1.26. The van der Waals surface area contributed by atoms with Gasteiger partial charge in [0.25, 0.3) is 11.8 Å². The summed E-state index contributed by atoms with van der Waals surface area (Å²) in [6.07, 6.45) is 1.73. The predicted molar refractivity (Wildman–Crippen MR) is 172 cm³/mol. The third kappa shape index (κ3) is 7.30. The fourth-order valence-electron chi connectivity index (χ4n) is 6.54. The number of piperidine rings is 1. The molecule has 1 unspecified atom stereocenters. The number of amides is 2. The first-order chi connectivity index (χ1) is 23.1. The van der Waals surface area contributed by atoms with E-state index in [0.717, 1.165) is 62.2 Å². The zero-order valence-corrected chi connectivity index (χ0v) is 26.8. The van der Waals surface area contributed by atoms with Crippen molar-refractivity contribution in [2.24, 2.45) is 11.1 Å². The summed E-state index contributed by atoms with van der Waals surface area (Å²) in [5, 5.41) is 5.66. The molecule has 2 saturated heterocycles. The van der Waals surface area contributed by atoms with Crippen molar-refractivity contribution < 1.29 is 32.2 Å². The van der Waals surface area contributed by atoms with Gasteiger partial charge in [-0.05, 0) is 87.7 Å². The maximum absolute atomic E-state index is 15.5. The fourth-order valence-corrected chi connectivity index (χ4v) is 6.54. The molecular formula is C35H38F3N5O5. The molecule has 3 fully saturated rings. The number of halogens is 3. The second kappa shape index (κ2) is 14.3. The van der Waals surface area contributed by atoms with E-state index in [0.29, 0.717) is 12.4 Å². The number of nitrogens with one attached hydrogen (secondary N) is 1. The lowest BCUT2D eigenvalue weighted by molar-refractivity contribution is -0.118. The Labute approximate surface area is 276 Å². The van der Waals surface area contributed by atoms with Crippen LogP contribution in [0.1, 0.15) is 64.7 Å². The number of nitrogens with zero attached hydrogens (tertiary/aromatic N) is 4. The summed E-state index contributed by atoms with van der Waals surface area (Å²) in [6.45, 7) is 4.16. The largest absolute Gasteiger partial charge is 0.497 e. The van der Waals surface area contributed by atoms with Crippen molar-refractivity contribution >= 4 is 17.6 Å². The molecule has 2 aromatic carbocycles. The highest BCUT2D eigenvalue weighted by atomic mass is 19.1. The van der Waals surface area contributed by atoms with Gasteiger partial charge in [0.05, 0.1) is 13.7 Å². The lowest BCUT2D eigenvalue weighted by Gasteiger charge is -2.31. The number of aromatic nitrogens is 1. The number of carbonyl (C=O) groups is 2. The van der Waals surface area contributed by atoms with E-state index in [1.165, 1.54) is 36.3 Å². The number of benzene rings is 2. The van der Waals surface area contributed by atoms with E-state index in [-0.39, 0.29) is 47.6 Å². The molecule has 10 nitrogen and oxygen atoms in total. The van der Waals surface area contributed by atoms with Crippen LogP contribution in [-0.2, 0) is 4.79 Å². The van der Waals surface area contributed by atoms with Crippen LogP contribution in [0.15, 0.2) is 53.7 Å². The second-order valence-electron chi connectivity index (χ2n) is 12.7. The maximum Gasteiger partial charge on any atom is 0.251 e. The highest BCUT2D eigenvalue weighted by molar-refractivity contribution is 6.04. The number of aryl methyl sites for hydroxylation is 1. The van der Waals surface area contributed by atoms with Gasteiger partial charge in [0.15, 0.2) is 0 Å². The molecule has 0 spiro atoms. The highest BCUT2D eigenvalue weighted by Crippen LogP contribution is 2.38. The van der Waals surface area contributed by atoms with Crippen molar-refractivity contribution in [2.45, 2.75) is 56.8 Å². The van der Waals surface area contributed by atoms with E-state index in [2.05, 4.69) is 15.4 Å². The second-order valence-corrected chi connectivity index (χ2v) is 12.7. The first-order valence-electron chi connectivity index (χ1n) is 16.2. The third-order valence-electron chi connectivity index (χ3n) is 9.38. The molecule has 2 amide bonds. The Kier molecular flexibility index (Phi) is 9.95. The van der Waals surface area contributed by atoms with Crippen LogP contribution in [0.3, 0.4) is 0 Å². The number of likely N-dealkylation sites (tertiary alicyclic amines) is 1. The summed E-state index contributed by atoms with van der Waals surface area (Å²) < 4.78 is 55.4. The van der Waals surface area contributed by atoms with Gasteiger partial charge in [0, 0.05) is 59.8 Å². The van der Waals surface area contributed by atoms with Crippen molar-refractivity contribution in [3.05, 3.63) is 87.5 Å². The van der Waals surface area contributed by atoms with Crippen LogP contribution in [0, 0.1) is 29.4 Å². The van der Waals surface area contributed by atoms with E-state index in [1.54, 1.807) is 6.07 Å². The minimum atomic E-state index is -1.42. The molecule has 254 valence electrons. The number of rotatable bonds is 12. The normalized spacial score (nSPS) is 20.9. The zero-order chi connectivity index (χ0) is 33.9. The summed E-state index contributed by atoms with van der Waals surface area (Å²) in [5.41, 5.74) is 1.48. The number of hydrogen-bond acceptors (Lipinski definition) is 8. The van der Waals surface area contributed by atoms with E-state index < -0.39 is 41.8 Å². The van der Waals surface area contributed by atoms with Gasteiger partial charge in [-0.25, -0.2) is 18.2 Å². The fraction of sp³-hybridized carbons (Fsp3) is 0.457. The lowest BCUT2D eigenvalue weighted by Crippen LogP contribution is -2.44. The highest BCUT2D eigenvalue weighted by Gasteiger charge is 2.46. The van der Waals surface area contributed by atoms with Crippen molar-refractivity contribution in [2.75, 3.05) is 44.7 Å². The van der Waals surface area contributed by atoms with Gasteiger partial charge in [-0.15, -0.1) is 0 Å². The van der Waals surface area contributed by atoms with Crippen LogP contribution in [0.5, 0.6) is 11.5 Å². The Morgan fingerprint density at radius 3 is 2.35 bits per heavy atom. The van der Waals surface area contributed by atoms with Gasteiger partial charge in [0.1, 0.15) is 35.0 Å².